The first kappa shape index (κ1) is 17.9. The first-order valence-electron chi connectivity index (χ1n) is 7.30. The van der Waals surface area contributed by atoms with Crippen molar-refractivity contribution in [2.24, 2.45) is 0 Å². The fourth-order valence-corrected chi connectivity index (χ4v) is 2.73. The summed E-state index contributed by atoms with van der Waals surface area (Å²) in [4.78, 5) is 0. The normalized spacial score (nSPS) is 10.2. The van der Waals surface area contributed by atoms with Crippen LogP contribution in [0.3, 0.4) is 0 Å². The van der Waals surface area contributed by atoms with Crippen molar-refractivity contribution < 1.29 is 4.74 Å². The van der Waals surface area contributed by atoms with Crippen molar-refractivity contribution in [3.63, 3.8) is 0 Å². The van der Waals surface area contributed by atoms with E-state index in [1.54, 1.807) is 6.07 Å². The van der Waals surface area contributed by atoms with Crippen molar-refractivity contribution in [2.45, 2.75) is 13.3 Å². The van der Waals surface area contributed by atoms with Crippen molar-refractivity contribution in [1.82, 2.24) is 5.32 Å². The van der Waals surface area contributed by atoms with Gasteiger partial charge in [0.25, 0.3) is 0 Å². The van der Waals surface area contributed by atoms with E-state index in [4.69, 9.17) is 40.2 Å². The second kappa shape index (κ2) is 8.96. The molecule has 0 radical (unpaired) electrons. The number of rotatable bonds is 6. The highest BCUT2D eigenvalue weighted by Gasteiger charge is 2.02. The summed E-state index contributed by atoms with van der Waals surface area (Å²) in [5, 5.41) is 8.17. The standard InChI is InChI=1S/C17H18Cl2N2OS/c1-2-22-15-7-5-14(6-8-15)21-17(23)20-10-9-12-3-4-13(18)11-16(12)19/h3-8,11H,2,9-10H2,1H3,(H2,20,21,23). The van der Waals surface area contributed by atoms with Crippen LogP contribution in [-0.4, -0.2) is 18.3 Å². The number of hydrogen-bond acceptors (Lipinski definition) is 2. The maximum Gasteiger partial charge on any atom is 0.170 e. The van der Waals surface area contributed by atoms with Crippen LogP contribution in [0.5, 0.6) is 5.75 Å². The van der Waals surface area contributed by atoms with E-state index in [2.05, 4.69) is 10.6 Å². The third kappa shape index (κ3) is 5.90. The molecular weight excluding hydrogens is 351 g/mol. The van der Waals surface area contributed by atoms with Gasteiger partial charge in [0.05, 0.1) is 6.61 Å². The highest BCUT2D eigenvalue weighted by Crippen LogP contribution is 2.21. The van der Waals surface area contributed by atoms with Crippen LogP contribution in [0.15, 0.2) is 42.5 Å². The lowest BCUT2D eigenvalue weighted by Crippen LogP contribution is -2.30. The lowest BCUT2D eigenvalue weighted by molar-refractivity contribution is 0.340. The average molecular weight is 369 g/mol. The number of benzene rings is 2. The molecule has 2 aromatic rings. The lowest BCUT2D eigenvalue weighted by Gasteiger charge is -2.12. The smallest absolute Gasteiger partial charge is 0.170 e. The molecule has 0 aromatic heterocycles. The van der Waals surface area contributed by atoms with E-state index >= 15 is 0 Å². The molecule has 0 aliphatic carbocycles. The highest BCUT2D eigenvalue weighted by atomic mass is 35.5. The number of anilines is 1. The number of nitrogens with one attached hydrogen (secondary N) is 2. The monoisotopic (exact) mass is 368 g/mol. The number of thiocarbonyl (C=S) groups is 1. The van der Waals surface area contributed by atoms with Gasteiger partial charge >= 0.3 is 0 Å². The Morgan fingerprint density at radius 2 is 1.87 bits per heavy atom. The van der Waals surface area contributed by atoms with E-state index in [0.717, 1.165) is 23.4 Å². The van der Waals surface area contributed by atoms with Crippen molar-refractivity contribution in [1.29, 1.82) is 0 Å². The minimum absolute atomic E-state index is 0.569. The van der Waals surface area contributed by atoms with Crippen molar-refractivity contribution >= 4 is 46.2 Å². The number of halogens is 2. The molecule has 0 fully saturated rings. The molecule has 2 aromatic carbocycles. The lowest BCUT2D eigenvalue weighted by atomic mass is 10.1. The van der Waals surface area contributed by atoms with Crippen molar-refractivity contribution in [3.05, 3.63) is 58.1 Å². The Morgan fingerprint density at radius 1 is 1.13 bits per heavy atom. The summed E-state index contributed by atoms with van der Waals surface area (Å²) in [6.07, 6.45) is 0.765. The van der Waals surface area contributed by atoms with Crippen molar-refractivity contribution in [3.8, 4) is 5.75 Å². The van der Waals surface area contributed by atoms with Gasteiger partial charge in [0.2, 0.25) is 0 Å². The third-order valence-electron chi connectivity index (χ3n) is 3.12. The van der Waals surface area contributed by atoms with Gasteiger partial charge in [-0.3, -0.25) is 0 Å². The van der Waals surface area contributed by atoms with E-state index in [1.165, 1.54) is 0 Å². The molecule has 0 bridgehead atoms. The van der Waals surface area contributed by atoms with Crippen LogP contribution < -0.4 is 15.4 Å². The van der Waals surface area contributed by atoms with E-state index in [-0.39, 0.29) is 0 Å². The molecule has 2 N–H and O–H groups in total. The predicted molar refractivity (Wildman–Crippen MR) is 102 cm³/mol. The summed E-state index contributed by atoms with van der Waals surface area (Å²) in [5.74, 6) is 0.842. The maximum atomic E-state index is 6.14. The van der Waals surface area contributed by atoms with Gasteiger partial charge in [-0.2, -0.15) is 0 Å². The summed E-state index contributed by atoms with van der Waals surface area (Å²) in [6, 6.07) is 13.2. The van der Waals surface area contributed by atoms with Gasteiger partial charge in [-0.15, -0.1) is 0 Å². The molecule has 0 atom stereocenters. The molecule has 0 amide bonds. The summed E-state index contributed by atoms with van der Waals surface area (Å²) < 4.78 is 5.40. The van der Waals surface area contributed by atoms with Gasteiger partial charge in [0, 0.05) is 22.3 Å². The van der Waals surface area contributed by atoms with Gasteiger partial charge in [-0.05, 0) is 67.5 Å². The van der Waals surface area contributed by atoms with Gasteiger partial charge in [0.15, 0.2) is 5.11 Å². The van der Waals surface area contributed by atoms with Crippen LogP contribution >= 0.6 is 35.4 Å². The van der Waals surface area contributed by atoms with Gasteiger partial charge in [-0.1, -0.05) is 29.3 Å². The first-order valence-corrected chi connectivity index (χ1v) is 8.46. The Labute approximate surface area is 151 Å². The third-order valence-corrected chi connectivity index (χ3v) is 3.95. The van der Waals surface area contributed by atoms with Crippen LogP contribution in [0, 0.1) is 0 Å². The molecule has 6 heteroatoms. The molecule has 0 spiro atoms. The molecule has 0 saturated carbocycles. The van der Waals surface area contributed by atoms with Crippen molar-refractivity contribution in [2.75, 3.05) is 18.5 Å². The predicted octanol–water partition coefficient (Wildman–Crippen LogP) is 4.92. The maximum absolute atomic E-state index is 6.14. The molecule has 0 aliphatic rings. The van der Waals surface area contributed by atoms with E-state index in [9.17, 15) is 0 Å². The van der Waals surface area contributed by atoms with Gasteiger partial charge < -0.3 is 15.4 Å². The van der Waals surface area contributed by atoms with Gasteiger partial charge in [0.1, 0.15) is 5.75 Å². The summed E-state index contributed by atoms with van der Waals surface area (Å²) >= 11 is 17.3. The zero-order valence-electron chi connectivity index (χ0n) is 12.7. The molecule has 122 valence electrons. The Bertz CT molecular complexity index is 662. The molecule has 3 nitrogen and oxygen atoms in total. The van der Waals surface area contributed by atoms with E-state index < -0.39 is 0 Å². The summed E-state index contributed by atoms with van der Waals surface area (Å²) in [5.41, 5.74) is 1.95. The van der Waals surface area contributed by atoms with Gasteiger partial charge in [-0.25, -0.2) is 0 Å². The molecular formula is C17H18Cl2N2OS. The van der Waals surface area contributed by atoms with Crippen LogP contribution in [-0.2, 0) is 6.42 Å². The Hall–Kier alpha value is -1.49. The minimum Gasteiger partial charge on any atom is -0.494 e. The quantitative estimate of drug-likeness (QED) is 0.708. The Morgan fingerprint density at radius 3 is 2.52 bits per heavy atom. The zero-order chi connectivity index (χ0) is 16.7. The van der Waals surface area contributed by atoms with E-state index in [0.29, 0.717) is 28.3 Å². The zero-order valence-corrected chi connectivity index (χ0v) is 15.1. The minimum atomic E-state index is 0.569. The Balaban J connectivity index is 1.78. The SMILES string of the molecule is CCOc1ccc(NC(=S)NCCc2ccc(Cl)cc2Cl)cc1. The van der Waals surface area contributed by atoms with E-state index in [1.807, 2.05) is 43.3 Å². The molecule has 0 aliphatic heterocycles. The van der Waals surface area contributed by atoms with Crippen LogP contribution in [0.1, 0.15) is 12.5 Å². The first-order chi connectivity index (χ1) is 11.1. The average Bonchev–Trinajstić information content (AvgIpc) is 2.52. The topological polar surface area (TPSA) is 33.3 Å². The largest absolute Gasteiger partial charge is 0.494 e. The molecule has 0 heterocycles. The molecule has 2 rings (SSSR count). The number of hydrogen-bond donors (Lipinski definition) is 2. The molecule has 0 saturated heterocycles. The Kier molecular flexibility index (Phi) is 6.96. The fraction of sp³-hybridized carbons (Fsp3) is 0.235. The number of ether oxygens (including phenoxy) is 1. The van der Waals surface area contributed by atoms with Crippen LogP contribution in [0.25, 0.3) is 0 Å². The van der Waals surface area contributed by atoms with Crippen LogP contribution in [0.2, 0.25) is 10.0 Å². The molecule has 0 unspecified atom stereocenters. The fourth-order valence-electron chi connectivity index (χ4n) is 2.01. The second-order valence-corrected chi connectivity index (χ2v) is 6.08. The summed E-state index contributed by atoms with van der Waals surface area (Å²) in [6.45, 7) is 3.29. The van der Waals surface area contributed by atoms with Crippen LogP contribution in [0.4, 0.5) is 5.69 Å². The summed E-state index contributed by atoms with van der Waals surface area (Å²) in [7, 11) is 0. The second-order valence-electron chi connectivity index (χ2n) is 4.82. The highest BCUT2D eigenvalue weighted by molar-refractivity contribution is 7.80. The molecule has 23 heavy (non-hydrogen) atoms.